The normalized spacial score (nSPS) is 25.8. The summed E-state index contributed by atoms with van der Waals surface area (Å²) in [7, 11) is 0. The zero-order chi connectivity index (χ0) is 23.9. The summed E-state index contributed by atoms with van der Waals surface area (Å²) in [5.74, 6) is -0.714. The number of carbonyl (C=O) groups is 1. The number of amides is 1. The Morgan fingerprint density at radius 3 is 2.50 bits per heavy atom. The van der Waals surface area contributed by atoms with Gasteiger partial charge >= 0.3 is 0 Å². The van der Waals surface area contributed by atoms with Crippen LogP contribution in [0.5, 0.6) is 5.75 Å². The Kier molecular flexibility index (Phi) is 6.09. The fourth-order valence-corrected chi connectivity index (χ4v) is 5.60. The molecular formula is C26H25Cl2FN2O3. The van der Waals surface area contributed by atoms with Crippen molar-refractivity contribution in [3.05, 3.63) is 76.8 Å². The fraction of sp³-hybridized carbons (Fsp3) is 0.346. The summed E-state index contributed by atoms with van der Waals surface area (Å²) in [6.45, 7) is -0.261. The van der Waals surface area contributed by atoms with Crippen LogP contribution in [0.1, 0.15) is 32.1 Å². The lowest BCUT2D eigenvalue weighted by atomic mass is 9.59. The highest BCUT2D eigenvalue weighted by molar-refractivity contribution is 6.31. The van der Waals surface area contributed by atoms with Crippen LogP contribution in [0, 0.1) is 5.82 Å². The lowest BCUT2D eigenvalue weighted by Crippen LogP contribution is -2.67. The minimum atomic E-state index is -0.673. The Hall–Kier alpha value is -2.54. The second kappa shape index (κ2) is 8.91. The highest BCUT2D eigenvalue weighted by Crippen LogP contribution is 2.51. The van der Waals surface area contributed by atoms with Crippen molar-refractivity contribution in [2.75, 3.05) is 6.61 Å². The SMILES string of the molecule is O=C(COc1ccc(Cl)c(F)c1)NC12CCC(n3ccc(-c4ccc(Cl)cc4)c3)(CC1)CC2O. The minimum absolute atomic E-state index is 0.00492. The third kappa shape index (κ3) is 4.30. The van der Waals surface area contributed by atoms with Crippen LogP contribution in [0.15, 0.2) is 60.9 Å². The Bertz CT molecular complexity index is 1200. The topological polar surface area (TPSA) is 63.5 Å². The number of aromatic nitrogens is 1. The molecule has 6 rings (SSSR count). The number of aliphatic hydroxyl groups is 1. The number of rotatable bonds is 6. The van der Waals surface area contributed by atoms with E-state index in [0.717, 1.165) is 30.0 Å². The third-order valence-electron chi connectivity index (χ3n) is 7.35. The quantitative estimate of drug-likeness (QED) is 0.463. The van der Waals surface area contributed by atoms with E-state index in [-0.39, 0.29) is 28.8 Å². The predicted octanol–water partition coefficient (Wildman–Crippen LogP) is 5.57. The summed E-state index contributed by atoms with van der Waals surface area (Å²) < 4.78 is 21.2. The number of aliphatic hydroxyl groups excluding tert-OH is 1. The predicted molar refractivity (Wildman–Crippen MR) is 130 cm³/mol. The van der Waals surface area contributed by atoms with Gasteiger partial charge in [0.25, 0.3) is 5.91 Å². The summed E-state index contributed by atoms with van der Waals surface area (Å²) in [6, 6.07) is 13.9. The van der Waals surface area contributed by atoms with Crippen molar-refractivity contribution in [2.45, 2.75) is 49.3 Å². The van der Waals surface area contributed by atoms with E-state index in [2.05, 4.69) is 28.3 Å². The van der Waals surface area contributed by atoms with Gasteiger partial charge in [0, 0.05) is 29.0 Å². The van der Waals surface area contributed by atoms with Crippen LogP contribution in [0.25, 0.3) is 11.1 Å². The van der Waals surface area contributed by atoms with Crippen LogP contribution in [-0.2, 0) is 10.3 Å². The monoisotopic (exact) mass is 502 g/mol. The Balaban J connectivity index is 1.24. The van der Waals surface area contributed by atoms with Crippen molar-refractivity contribution in [1.29, 1.82) is 0 Å². The zero-order valence-electron chi connectivity index (χ0n) is 18.4. The number of nitrogens with zero attached hydrogens (tertiary/aromatic N) is 1. The van der Waals surface area contributed by atoms with Crippen molar-refractivity contribution < 1.29 is 19.0 Å². The Morgan fingerprint density at radius 1 is 1.09 bits per heavy atom. The lowest BCUT2D eigenvalue weighted by Gasteiger charge is -2.56. The number of nitrogens with one attached hydrogen (secondary N) is 1. The first kappa shape index (κ1) is 23.2. The number of ether oxygens (including phenoxy) is 1. The molecule has 1 unspecified atom stereocenters. The van der Waals surface area contributed by atoms with E-state index in [1.807, 2.05) is 24.3 Å². The van der Waals surface area contributed by atoms with Gasteiger partial charge in [-0.1, -0.05) is 35.3 Å². The number of hydrogen-bond donors (Lipinski definition) is 2. The largest absolute Gasteiger partial charge is 0.484 e. The van der Waals surface area contributed by atoms with E-state index in [0.29, 0.717) is 24.3 Å². The molecule has 8 heteroatoms. The van der Waals surface area contributed by atoms with Crippen LogP contribution in [0.3, 0.4) is 0 Å². The van der Waals surface area contributed by atoms with E-state index in [9.17, 15) is 14.3 Å². The maximum Gasteiger partial charge on any atom is 0.258 e. The Labute approximate surface area is 207 Å². The van der Waals surface area contributed by atoms with Gasteiger partial charge in [-0.25, -0.2) is 4.39 Å². The van der Waals surface area contributed by atoms with Gasteiger partial charge in [-0.3, -0.25) is 4.79 Å². The van der Waals surface area contributed by atoms with Crippen LogP contribution >= 0.6 is 23.2 Å². The summed E-state index contributed by atoms with van der Waals surface area (Å²) in [6.07, 6.45) is 7.14. The molecular weight excluding hydrogens is 478 g/mol. The van der Waals surface area contributed by atoms with Gasteiger partial charge in [0.15, 0.2) is 6.61 Å². The fourth-order valence-electron chi connectivity index (χ4n) is 5.36. The molecule has 0 saturated heterocycles. The summed E-state index contributed by atoms with van der Waals surface area (Å²) in [5.41, 5.74) is 1.36. The molecule has 2 bridgehead atoms. The molecule has 1 atom stereocenters. The molecule has 1 amide bonds. The number of fused-ring (bicyclic) bond motifs is 3. The van der Waals surface area contributed by atoms with Crippen molar-refractivity contribution in [3.63, 3.8) is 0 Å². The summed E-state index contributed by atoms with van der Waals surface area (Å²) in [4.78, 5) is 12.6. The number of hydrogen-bond acceptors (Lipinski definition) is 3. The van der Waals surface area contributed by atoms with Crippen molar-refractivity contribution in [3.8, 4) is 16.9 Å². The highest BCUT2D eigenvalue weighted by Gasteiger charge is 2.55. The van der Waals surface area contributed by atoms with Crippen molar-refractivity contribution >= 4 is 29.1 Å². The molecule has 1 heterocycles. The first-order valence-corrected chi connectivity index (χ1v) is 12.1. The minimum Gasteiger partial charge on any atom is -0.484 e. The second-order valence-corrected chi connectivity index (χ2v) is 10.2. The van der Waals surface area contributed by atoms with Gasteiger partial charge < -0.3 is 19.7 Å². The molecule has 1 aromatic heterocycles. The lowest BCUT2D eigenvalue weighted by molar-refractivity contribution is -0.134. The summed E-state index contributed by atoms with van der Waals surface area (Å²) in [5, 5.41) is 14.8. The van der Waals surface area contributed by atoms with E-state index < -0.39 is 17.5 Å². The third-order valence-corrected chi connectivity index (χ3v) is 7.91. The van der Waals surface area contributed by atoms with Crippen molar-refractivity contribution in [2.24, 2.45) is 0 Å². The maximum absolute atomic E-state index is 13.6. The average molecular weight is 503 g/mol. The van der Waals surface area contributed by atoms with Crippen LogP contribution in [-0.4, -0.2) is 33.8 Å². The number of carbonyl (C=O) groups excluding carboxylic acids is 1. The van der Waals surface area contributed by atoms with Gasteiger partial charge in [-0.15, -0.1) is 0 Å². The van der Waals surface area contributed by atoms with Crippen molar-refractivity contribution in [1.82, 2.24) is 9.88 Å². The maximum atomic E-state index is 13.6. The Morgan fingerprint density at radius 2 is 1.82 bits per heavy atom. The standard InChI is InChI=1S/C26H25Cl2FN2O3/c27-19-3-1-17(2-4-19)18-7-12-31(15-18)25-8-10-26(11-9-25,23(32)14-25)30-24(33)16-34-20-5-6-21(28)22(29)13-20/h1-7,12-13,15,23,32H,8-11,14,16H2,(H,30,33). The molecule has 0 spiro atoms. The molecule has 3 aliphatic carbocycles. The van der Waals surface area contributed by atoms with Gasteiger partial charge in [0.05, 0.1) is 16.7 Å². The van der Waals surface area contributed by atoms with Crippen LogP contribution in [0.4, 0.5) is 4.39 Å². The average Bonchev–Trinajstić information content (AvgIpc) is 3.33. The van der Waals surface area contributed by atoms with Gasteiger partial charge in [-0.05, 0) is 73.6 Å². The van der Waals surface area contributed by atoms with E-state index >= 15 is 0 Å². The van der Waals surface area contributed by atoms with Gasteiger partial charge in [-0.2, -0.15) is 0 Å². The molecule has 3 fully saturated rings. The van der Waals surface area contributed by atoms with E-state index in [4.69, 9.17) is 27.9 Å². The van der Waals surface area contributed by atoms with Crippen LogP contribution in [0.2, 0.25) is 10.0 Å². The number of halogens is 3. The molecule has 0 aliphatic heterocycles. The molecule has 2 N–H and O–H groups in total. The molecule has 5 nitrogen and oxygen atoms in total. The zero-order valence-corrected chi connectivity index (χ0v) is 20.0. The molecule has 3 aromatic rings. The first-order chi connectivity index (χ1) is 16.3. The smallest absolute Gasteiger partial charge is 0.258 e. The molecule has 0 radical (unpaired) electrons. The highest BCUT2D eigenvalue weighted by atomic mass is 35.5. The first-order valence-electron chi connectivity index (χ1n) is 11.3. The van der Waals surface area contributed by atoms with Gasteiger partial charge in [0.1, 0.15) is 11.6 Å². The van der Waals surface area contributed by atoms with Crippen LogP contribution < -0.4 is 10.1 Å². The van der Waals surface area contributed by atoms with E-state index in [1.165, 1.54) is 12.1 Å². The summed E-state index contributed by atoms with van der Waals surface area (Å²) >= 11 is 11.7. The second-order valence-electron chi connectivity index (χ2n) is 9.33. The van der Waals surface area contributed by atoms with Gasteiger partial charge in [0.2, 0.25) is 0 Å². The molecule has 3 saturated carbocycles. The van der Waals surface area contributed by atoms with E-state index in [1.54, 1.807) is 0 Å². The molecule has 3 aliphatic rings. The number of benzene rings is 2. The molecule has 178 valence electrons. The molecule has 34 heavy (non-hydrogen) atoms. The molecule has 2 aromatic carbocycles.